The number of nitriles is 1. The highest BCUT2D eigenvalue weighted by atomic mass is 35.5. The van der Waals surface area contributed by atoms with Crippen molar-refractivity contribution in [2.24, 2.45) is 0 Å². The molecule has 1 heterocycles. The molecule has 0 aromatic carbocycles. The SMILES string of the molecule is Cc1cnc(Cl)c(C#N)c1C(F)F. The first-order valence-electron chi connectivity index (χ1n) is 3.41. The lowest BCUT2D eigenvalue weighted by molar-refractivity contribution is 0.150. The lowest BCUT2D eigenvalue weighted by Gasteiger charge is -2.06. The predicted molar refractivity (Wildman–Crippen MR) is 43.7 cm³/mol. The van der Waals surface area contributed by atoms with E-state index in [0.29, 0.717) is 0 Å². The fourth-order valence-electron chi connectivity index (χ4n) is 0.983. The number of pyridine rings is 1. The molecular weight excluding hydrogens is 198 g/mol. The molecule has 0 aliphatic carbocycles. The second-order valence-corrected chi connectivity index (χ2v) is 2.79. The Morgan fingerprint density at radius 3 is 2.62 bits per heavy atom. The predicted octanol–water partition coefficient (Wildman–Crippen LogP) is 2.85. The summed E-state index contributed by atoms with van der Waals surface area (Å²) < 4.78 is 24.8. The third-order valence-corrected chi connectivity index (χ3v) is 1.89. The Morgan fingerprint density at radius 1 is 1.62 bits per heavy atom. The van der Waals surface area contributed by atoms with Crippen LogP contribution in [0.3, 0.4) is 0 Å². The third-order valence-electron chi connectivity index (χ3n) is 1.60. The number of alkyl halides is 2. The molecule has 0 bridgehead atoms. The van der Waals surface area contributed by atoms with Gasteiger partial charge in [-0.15, -0.1) is 0 Å². The first kappa shape index (κ1) is 9.87. The normalized spacial score (nSPS) is 10.2. The summed E-state index contributed by atoms with van der Waals surface area (Å²) in [5.41, 5.74) is -0.296. The highest BCUT2D eigenvalue weighted by Crippen LogP contribution is 2.28. The summed E-state index contributed by atoms with van der Waals surface area (Å²) in [6, 6.07) is 1.61. The summed E-state index contributed by atoms with van der Waals surface area (Å²) >= 11 is 5.48. The van der Waals surface area contributed by atoms with E-state index in [0.717, 1.165) is 0 Å². The second-order valence-electron chi connectivity index (χ2n) is 2.43. The number of hydrogen-bond acceptors (Lipinski definition) is 2. The van der Waals surface area contributed by atoms with E-state index in [9.17, 15) is 8.78 Å². The average Bonchev–Trinajstić information content (AvgIpc) is 2.07. The summed E-state index contributed by atoms with van der Waals surface area (Å²) in [5.74, 6) is 0. The Hall–Kier alpha value is -1.21. The molecule has 0 N–H and O–H groups in total. The van der Waals surface area contributed by atoms with Gasteiger partial charge in [-0.25, -0.2) is 13.8 Å². The maximum Gasteiger partial charge on any atom is 0.265 e. The minimum Gasteiger partial charge on any atom is -0.243 e. The molecule has 1 aromatic rings. The van der Waals surface area contributed by atoms with Gasteiger partial charge >= 0.3 is 0 Å². The molecular formula is C8H5ClF2N2. The summed E-state index contributed by atoms with van der Waals surface area (Å²) in [5, 5.41) is 8.39. The van der Waals surface area contributed by atoms with Gasteiger partial charge in [-0.3, -0.25) is 0 Å². The fourth-order valence-corrected chi connectivity index (χ4v) is 1.18. The van der Waals surface area contributed by atoms with Gasteiger partial charge in [0.05, 0.1) is 5.56 Å². The van der Waals surface area contributed by atoms with Gasteiger partial charge < -0.3 is 0 Å². The van der Waals surface area contributed by atoms with Crippen molar-refractivity contribution in [1.29, 1.82) is 5.26 Å². The van der Waals surface area contributed by atoms with Gasteiger partial charge in [0.1, 0.15) is 11.2 Å². The van der Waals surface area contributed by atoms with Crippen LogP contribution in [-0.4, -0.2) is 4.98 Å². The molecule has 1 rings (SSSR count). The molecule has 0 radical (unpaired) electrons. The van der Waals surface area contributed by atoms with E-state index >= 15 is 0 Å². The van der Waals surface area contributed by atoms with Gasteiger partial charge in [0.25, 0.3) is 6.43 Å². The number of aromatic nitrogens is 1. The zero-order valence-electron chi connectivity index (χ0n) is 6.68. The fraction of sp³-hybridized carbons (Fsp3) is 0.250. The van der Waals surface area contributed by atoms with E-state index in [1.54, 1.807) is 6.07 Å². The molecule has 0 saturated carbocycles. The average molecular weight is 203 g/mol. The van der Waals surface area contributed by atoms with Crippen molar-refractivity contribution in [2.45, 2.75) is 13.3 Å². The van der Waals surface area contributed by atoms with Crippen LogP contribution in [0, 0.1) is 18.3 Å². The molecule has 0 aliphatic heterocycles. The molecule has 0 amide bonds. The Bertz CT molecular complexity index is 371. The number of rotatable bonds is 1. The Morgan fingerprint density at radius 2 is 2.23 bits per heavy atom. The van der Waals surface area contributed by atoms with Gasteiger partial charge in [-0.1, -0.05) is 11.6 Å². The molecule has 13 heavy (non-hydrogen) atoms. The zero-order chi connectivity index (χ0) is 10.0. The van der Waals surface area contributed by atoms with Crippen LogP contribution in [0.4, 0.5) is 8.78 Å². The molecule has 0 saturated heterocycles. The highest BCUT2D eigenvalue weighted by Gasteiger charge is 2.18. The van der Waals surface area contributed by atoms with Crippen molar-refractivity contribution in [1.82, 2.24) is 4.98 Å². The van der Waals surface area contributed by atoms with Crippen molar-refractivity contribution in [3.8, 4) is 6.07 Å². The smallest absolute Gasteiger partial charge is 0.243 e. The van der Waals surface area contributed by atoms with Gasteiger partial charge in [-0.05, 0) is 12.5 Å². The number of halogens is 3. The van der Waals surface area contributed by atoms with Crippen LogP contribution in [0.1, 0.15) is 23.1 Å². The Kier molecular flexibility index (Phi) is 2.79. The van der Waals surface area contributed by atoms with Crippen molar-refractivity contribution in [2.75, 3.05) is 0 Å². The molecule has 1 aromatic heterocycles. The van der Waals surface area contributed by atoms with E-state index in [2.05, 4.69) is 4.98 Å². The standard InChI is InChI=1S/C8H5ClF2N2/c1-4-3-13-7(9)5(2-12)6(4)8(10)11/h3,8H,1H3. The van der Waals surface area contributed by atoms with Crippen molar-refractivity contribution >= 4 is 11.6 Å². The highest BCUT2D eigenvalue weighted by molar-refractivity contribution is 6.30. The van der Waals surface area contributed by atoms with Crippen LogP contribution < -0.4 is 0 Å². The van der Waals surface area contributed by atoms with Gasteiger partial charge in [0, 0.05) is 11.8 Å². The minimum absolute atomic E-state index is 0.177. The maximum absolute atomic E-state index is 12.4. The molecule has 0 fully saturated rings. The maximum atomic E-state index is 12.4. The van der Waals surface area contributed by atoms with E-state index in [1.807, 2.05) is 0 Å². The summed E-state index contributed by atoms with van der Waals surface area (Å²) in [6.07, 6.45) is -1.47. The number of nitrogens with zero attached hydrogens (tertiary/aromatic N) is 2. The van der Waals surface area contributed by atoms with Crippen LogP contribution in [0.2, 0.25) is 5.15 Å². The molecule has 2 nitrogen and oxygen atoms in total. The first-order valence-corrected chi connectivity index (χ1v) is 3.79. The molecule has 68 valence electrons. The van der Waals surface area contributed by atoms with Crippen molar-refractivity contribution in [3.63, 3.8) is 0 Å². The topological polar surface area (TPSA) is 36.7 Å². The van der Waals surface area contributed by atoms with Crippen LogP contribution in [-0.2, 0) is 0 Å². The van der Waals surface area contributed by atoms with E-state index < -0.39 is 6.43 Å². The third kappa shape index (κ3) is 1.76. The quantitative estimate of drug-likeness (QED) is 0.657. The molecule has 0 aliphatic rings. The monoisotopic (exact) mass is 202 g/mol. The minimum atomic E-state index is -2.70. The van der Waals surface area contributed by atoms with Crippen molar-refractivity contribution < 1.29 is 8.78 Å². The van der Waals surface area contributed by atoms with Crippen LogP contribution in [0.25, 0.3) is 0 Å². The van der Waals surface area contributed by atoms with Crippen LogP contribution in [0.15, 0.2) is 6.20 Å². The van der Waals surface area contributed by atoms with Gasteiger partial charge in [-0.2, -0.15) is 5.26 Å². The zero-order valence-corrected chi connectivity index (χ0v) is 7.44. The summed E-state index contributed by atoms with van der Waals surface area (Å²) in [4.78, 5) is 3.60. The number of aryl methyl sites for hydroxylation is 1. The number of hydrogen-bond donors (Lipinski definition) is 0. The van der Waals surface area contributed by atoms with Crippen LogP contribution >= 0.6 is 11.6 Å². The van der Waals surface area contributed by atoms with E-state index in [4.69, 9.17) is 16.9 Å². The van der Waals surface area contributed by atoms with Gasteiger partial charge in [0.2, 0.25) is 0 Å². The molecule has 0 atom stereocenters. The molecule has 5 heteroatoms. The van der Waals surface area contributed by atoms with Crippen molar-refractivity contribution in [3.05, 3.63) is 28.0 Å². The van der Waals surface area contributed by atoms with Crippen LogP contribution in [0.5, 0.6) is 0 Å². The first-order chi connectivity index (χ1) is 6.07. The lowest BCUT2D eigenvalue weighted by Crippen LogP contribution is -1.97. The van der Waals surface area contributed by atoms with E-state index in [-0.39, 0.29) is 21.8 Å². The van der Waals surface area contributed by atoms with Gasteiger partial charge in [0.15, 0.2) is 0 Å². The Labute approximate surface area is 78.8 Å². The summed E-state index contributed by atoms with van der Waals surface area (Å²) in [7, 11) is 0. The molecule has 0 spiro atoms. The Balaban J connectivity index is 3.46. The molecule has 0 unspecified atom stereocenters. The summed E-state index contributed by atoms with van der Waals surface area (Å²) in [6.45, 7) is 1.46. The second kappa shape index (κ2) is 3.67. The lowest BCUT2D eigenvalue weighted by atomic mass is 10.1. The largest absolute Gasteiger partial charge is 0.265 e. The van der Waals surface area contributed by atoms with E-state index in [1.165, 1.54) is 13.1 Å².